The number of anilines is 1. The van der Waals surface area contributed by atoms with E-state index in [1.54, 1.807) is 13.2 Å². The van der Waals surface area contributed by atoms with Gasteiger partial charge in [-0.15, -0.1) is 0 Å². The molecule has 1 aromatic heterocycles. The first-order valence-corrected chi connectivity index (χ1v) is 11.8. The average Bonchev–Trinajstić information content (AvgIpc) is 3.43. The van der Waals surface area contributed by atoms with Gasteiger partial charge in [0.2, 0.25) is 5.91 Å². The minimum Gasteiger partial charge on any atom is -0.496 e. The number of amides is 2. The van der Waals surface area contributed by atoms with Gasteiger partial charge in [0.1, 0.15) is 11.4 Å². The van der Waals surface area contributed by atoms with Gasteiger partial charge in [-0.25, -0.2) is 0 Å². The Morgan fingerprint density at radius 3 is 2.69 bits per heavy atom. The lowest BCUT2D eigenvalue weighted by atomic mass is 9.98. The molecule has 4 rings (SSSR count). The first-order chi connectivity index (χ1) is 17.3. The first-order valence-electron chi connectivity index (χ1n) is 11.8. The molecule has 9 heteroatoms. The zero-order valence-corrected chi connectivity index (χ0v) is 20.5. The van der Waals surface area contributed by atoms with Crippen LogP contribution in [0.2, 0.25) is 0 Å². The molecule has 0 saturated carbocycles. The van der Waals surface area contributed by atoms with Crippen molar-refractivity contribution in [1.29, 1.82) is 5.26 Å². The van der Waals surface area contributed by atoms with E-state index in [9.17, 15) is 19.6 Å². The molecule has 36 heavy (non-hydrogen) atoms. The number of ether oxygens (including phenoxy) is 1. The number of fused-ring (bicyclic) bond motifs is 2. The topological polar surface area (TPSA) is 127 Å². The Morgan fingerprint density at radius 1 is 1.19 bits per heavy atom. The van der Waals surface area contributed by atoms with E-state index in [4.69, 9.17) is 4.74 Å². The van der Waals surface area contributed by atoms with E-state index in [1.807, 2.05) is 62.5 Å². The summed E-state index contributed by atoms with van der Waals surface area (Å²) in [5.41, 5.74) is 2.58. The van der Waals surface area contributed by atoms with E-state index >= 15 is 0 Å². The molecule has 9 nitrogen and oxygen atoms in total. The molecule has 0 aliphatic carbocycles. The van der Waals surface area contributed by atoms with E-state index in [0.717, 1.165) is 22.2 Å². The number of aromatic amines is 1. The number of nitrogens with one attached hydrogen (secondary N) is 3. The third-order valence-electron chi connectivity index (χ3n) is 6.29. The molecule has 2 amide bonds. The largest absolute Gasteiger partial charge is 0.496 e. The van der Waals surface area contributed by atoms with Gasteiger partial charge in [-0.2, -0.15) is 5.26 Å². The van der Waals surface area contributed by atoms with E-state index in [2.05, 4.69) is 15.6 Å². The zero-order valence-electron chi connectivity index (χ0n) is 20.5. The molecule has 186 valence electrons. The number of carbonyl (C=O) groups is 3. The summed E-state index contributed by atoms with van der Waals surface area (Å²) < 4.78 is 5.36. The minimum absolute atomic E-state index is 0.0786. The fraction of sp³-hybridized carbons (Fsp3) is 0.333. The molecule has 2 atom stereocenters. The highest BCUT2D eigenvalue weighted by Gasteiger charge is 2.33. The first kappa shape index (κ1) is 24.8. The van der Waals surface area contributed by atoms with E-state index < -0.39 is 17.9 Å². The molecule has 0 saturated heterocycles. The second-order valence-electron chi connectivity index (χ2n) is 9.34. The molecule has 2 unspecified atom stereocenters. The van der Waals surface area contributed by atoms with Crippen LogP contribution in [0.5, 0.6) is 5.75 Å². The molecule has 3 aromatic rings. The normalized spacial score (nSPS) is 15.2. The Labute approximate surface area is 209 Å². The fourth-order valence-electron chi connectivity index (χ4n) is 4.52. The number of benzene rings is 2. The summed E-state index contributed by atoms with van der Waals surface area (Å²) in [5.74, 6) is -0.693. The minimum atomic E-state index is -0.786. The van der Waals surface area contributed by atoms with Crippen molar-refractivity contribution in [1.82, 2.24) is 15.2 Å². The third-order valence-corrected chi connectivity index (χ3v) is 6.29. The maximum atomic E-state index is 13.3. The third kappa shape index (κ3) is 5.18. The molecule has 0 fully saturated rings. The summed E-state index contributed by atoms with van der Waals surface area (Å²) in [6.45, 7) is 3.79. The van der Waals surface area contributed by atoms with Crippen LogP contribution in [0.1, 0.15) is 42.2 Å². The van der Waals surface area contributed by atoms with Gasteiger partial charge in [-0.3, -0.25) is 14.4 Å². The van der Waals surface area contributed by atoms with Crippen LogP contribution in [0.15, 0.2) is 48.5 Å². The number of Topliss-reactive ketones (excluding diaryl/α,β-unsaturated/α-hetero) is 1. The zero-order chi connectivity index (χ0) is 25.8. The Hall–Kier alpha value is -4.32. The molecule has 2 aromatic carbocycles. The Bertz CT molecular complexity index is 1340. The van der Waals surface area contributed by atoms with Crippen LogP contribution in [0.25, 0.3) is 10.9 Å². The Morgan fingerprint density at radius 2 is 1.97 bits per heavy atom. The molecule has 3 N–H and O–H groups in total. The number of rotatable bonds is 10. The van der Waals surface area contributed by atoms with Gasteiger partial charge < -0.3 is 25.3 Å². The van der Waals surface area contributed by atoms with Gasteiger partial charge in [0.25, 0.3) is 5.91 Å². The van der Waals surface area contributed by atoms with Gasteiger partial charge >= 0.3 is 0 Å². The number of carbonyl (C=O) groups excluding carboxylic acids is 3. The van der Waals surface area contributed by atoms with Crippen LogP contribution in [0.3, 0.4) is 0 Å². The van der Waals surface area contributed by atoms with Crippen molar-refractivity contribution in [2.75, 3.05) is 25.5 Å². The lowest BCUT2D eigenvalue weighted by Crippen LogP contribution is -2.46. The lowest BCUT2D eigenvalue weighted by Gasteiger charge is -2.23. The number of ketones is 1. The second kappa shape index (κ2) is 10.5. The van der Waals surface area contributed by atoms with E-state index in [0.29, 0.717) is 17.9 Å². The van der Waals surface area contributed by atoms with Crippen LogP contribution < -0.4 is 15.4 Å². The molecular weight excluding hydrogens is 458 g/mol. The Balaban J connectivity index is 1.47. The molecular formula is C27H29N5O4. The maximum Gasteiger partial charge on any atom is 0.268 e. The predicted octanol–water partition coefficient (Wildman–Crippen LogP) is 3.41. The highest BCUT2D eigenvalue weighted by atomic mass is 16.5. The van der Waals surface area contributed by atoms with Gasteiger partial charge in [0.15, 0.2) is 12.0 Å². The van der Waals surface area contributed by atoms with E-state index in [1.165, 1.54) is 4.90 Å². The van der Waals surface area contributed by atoms with Crippen LogP contribution >= 0.6 is 0 Å². The van der Waals surface area contributed by atoms with Crippen LogP contribution in [-0.4, -0.2) is 53.7 Å². The Kier molecular flexibility index (Phi) is 7.25. The van der Waals surface area contributed by atoms with E-state index in [-0.39, 0.29) is 30.7 Å². The van der Waals surface area contributed by atoms with Crippen LogP contribution in [-0.2, 0) is 9.59 Å². The van der Waals surface area contributed by atoms with Gasteiger partial charge in [0.05, 0.1) is 25.6 Å². The molecule has 1 aliphatic rings. The number of nitrogens with zero attached hydrogens (tertiary/aromatic N) is 2. The smallest absolute Gasteiger partial charge is 0.268 e. The second-order valence-corrected chi connectivity index (χ2v) is 9.34. The summed E-state index contributed by atoms with van der Waals surface area (Å²) in [4.78, 5) is 43.1. The fourth-order valence-corrected chi connectivity index (χ4v) is 4.52. The number of methoxy groups -OCH3 is 1. The standard InChI is InChI=1S/C27H29N5O4/c1-16(2)11-22(31-27(35)23-12-18-21(29-23)9-6-10-25(18)36-3)24(33)14-32(15-28)13-19-17-7-4-5-8-20(17)30-26(19)34/h4-10,12,16,19,22,29H,11,13-14H2,1-3H3,(H,30,34)(H,31,35). The summed E-state index contributed by atoms with van der Waals surface area (Å²) >= 11 is 0. The summed E-state index contributed by atoms with van der Waals surface area (Å²) in [6.07, 6.45) is 2.45. The number of nitriles is 1. The number of hydrogen-bond acceptors (Lipinski definition) is 6. The number of para-hydroxylation sites is 1. The van der Waals surface area contributed by atoms with Gasteiger partial charge in [-0.1, -0.05) is 38.1 Å². The number of aromatic nitrogens is 1. The van der Waals surface area contributed by atoms with Crippen molar-refractivity contribution in [2.45, 2.75) is 32.2 Å². The molecule has 0 radical (unpaired) electrons. The van der Waals surface area contributed by atoms with Crippen molar-refractivity contribution in [3.63, 3.8) is 0 Å². The molecule has 0 bridgehead atoms. The SMILES string of the molecule is COc1cccc2[nH]c(C(=O)NC(CC(C)C)C(=O)CN(C#N)CC3C(=O)Nc4ccccc43)cc12. The monoisotopic (exact) mass is 487 g/mol. The van der Waals surface area contributed by atoms with Gasteiger partial charge in [-0.05, 0) is 42.2 Å². The molecule has 0 spiro atoms. The number of hydrogen-bond donors (Lipinski definition) is 3. The maximum absolute atomic E-state index is 13.3. The van der Waals surface area contributed by atoms with Crippen LogP contribution in [0, 0.1) is 17.4 Å². The predicted molar refractivity (Wildman–Crippen MR) is 136 cm³/mol. The van der Waals surface area contributed by atoms with Crippen molar-refractivity contribution in [3.05, 3.63) is 59.8 Å². The van der Waals surface area contributed by atoms with Crippen LogP contribution in [0.4, 0.5) is 5.69 Å². The summed E-state index contributed by atoms with van der Waals surface area (Å²) in [6, 6.07) is 13.7. The summed E-state index contributed by atoms with van der Waals surface area (Å²) in [5, 5.41) is 16.1. The highest BCUT2D eigenvalue weighted by Crippen LogP contribution is 2.32. The lowest BCUT2D eigenvalue weighted by molar-refractivity contribution is -0.122. The van der Waals surface area contributed by atoms with Crippen molar-refractivity contribution < 1.29 is 19.1 Å². The van der Waals surface area contributed by atoms with Crippen molar-refractivity contribution in [3.8, 4) is 11.9 Å². The average molecular weight is 488 g/mol. The molecule has 1 aliphatic heterocycles. The van der Waals surface area contributed by atoms with Crippen molar-refractivity contribution in [2.24, 2.45) is 5.92 Å². The number of H-pyrrole nitrogens is 1. The van der Waals surface area contributed by atoms with Gasteiger partial charge in [0, 0.05) is 23.1 Å². The molecule has 2 heterocycles. The summed E-state index contributed by atoms with van der Waals surface area (Å²) in [7, 11) is 1.56. The van der Waals surface area contributed by atoms with Crippen molar-refractivity contribution >= 4 is 34.2 Å². The highest BCUT2D eigenvalue weighted by molar-refractivity contribution is 6.03. The quantitative estimate of drug-likeness (QED) is 0.297.